The lowest BCUT2D eigenvalue weighted by Crippen LogP contribution is -2.12. The molecule has 0 spiro atoms. The third-order valence-corrected chi connectivity index (χ3v) is 6.12. The Morgan fingerprint density at radius 1 is 1.04 bits per heavy atom. The van der Waals surface area contributed by atoms with Crippen LogP contribution in [0.3, 0.4) is 0 Å². The van der Waals surface area contributed by atoms with Gasteiger partial charge in [-0.2, -0.15) is 0 Å². The van der Waals surface area contributed by atoms with Crippen LogP contribution in [0.15, 0.2) is 42.3 Å². The summed E-state index contributed by atoms with van der Waals surface area (Å²) in [4.78, 5) is 4.72. The molecule has 0 saturated carbocycles. The van der Waals surface area contributed by atoms with Gasteiger partial charge >= 0.3 is 0 Å². The Labute approximate surface area is 152 Å². The molecule has 0 fully saturated rings. The van der Waals surface area contributed by atoms with Crippen LogP contribution in [0.4, 0.5) is 0 Å². The molecule has 0 radical (unpaired) electrons. The summed E-state index contributed by atoms with van der Waals surface area (Å²) in [5.74, 6) is 0.469. The van der Waals surface area contributed by atoms with Crippen molar-refractivity contribution in [1.82, 2.24) is 9.38 Å². The number of pyridine rings is 1. The summed E-state index contributed by atoms with van der Waals surface area (Å²) >= 11 is 0. The fourth-order valence-corrected chi connectivity index (χ4v) is 4.87. The lowest BCUT2D eigenvalue weighted by molar-refractivity contribution is 0.392. The molecular weight excluding hydrogens is 320 g/mol. The van der Waals surface area contributed by atoms with E-state index in [1.54, 1.807) is 0 Å². The molecule has 0 saturated heterocycles. The van der Waals surface area contributed by atoms with Crippen LogP contribution in [0, 0.1) is 0 Å². The second-order valence-corrected chi connectivity index (χ2v) is 7.63. The number of nitrogens with zero attached hydrogens (tertiary/aromatic N) is 2. The van der Waals surface area contributed by atoms with Crippen LogP contribution in [0.5, 0.6) is 0 Å². The fourth-order valence-electron chi connectivity index (χ4n) is 4.87. The number of rotatable bonds is 1. The number of hydrogen-bond donors (Lipinski definition) is 1. The number of allylic oxidation sites excluding steroid dienone is 5. The van der Waals surface area contributed by atoms with Gasteiger partial charge in [0.1, 0.15) is 5.65 Å². The molecule has 128 valence electrons. The maximum Gasteiger partial charge on any atom is 0.145 e. The molecule has 3 heteroatoms. The van der Waals surface area contributed by atoms with Crippen LogP contribution in [-0.4, -0.2) is 14.5 Å². The highest BCUT2D eigenvalue weighted by atomic mass is 16.3. The molecule has 6 rings (SSSR count). The van der Waals surface area contributed by atoms with E-state index in [0.29, 0.717) is 5.76 Å². The molecule has 2 aromatic heterocycles. The van der Waals surface area contributed by atoms with Crippen molar-refractivity contribution in [3.63, 3.8) is 0 Å². The number of aliphatic hydroxyl groups excluding tert-OH is 1. The van der Waals surface area contributed by atoms with E-state index in [4.69, 9.17) is 4.98 Å². The Bertz CT molecular complexity index is 1190. The van der Waals surface area contributed by atoms with E-state index in [9.17, 15) is 5.11 Å². The average molecular weight is 340 g/mol. The number of hydrogen-bond acceptors (Lipinski definition) is 2. The van der Waals surface area contributed by atoms with Gasteiger partial charge in [0.15, 0.2) is 0 Å². The summed E-state index contributed by atoms with van der Waals surface area (Å²) in [5.41, 5.74) is 10.3. The Hall–Kier alpha value is -2.81. The Morgan fingerprint density at radius 3 is 2.88 bits per heavy atom. The first kappa shape index (κ1) is 14.4. The predicted molar refractivity (Wildman–Crippen MR) is 105 cm³/mol. The van der Waals surface area contributed by atoms with E-state index in [0.717, 1.165) is 49.7 Å². The third kappa shape index (κ3) is 1.86. The minimum atomic E-state index is 0.469. The summed E-state index contributed by atoms with van der Waals surface area (Å²) in [6.07, 6.45) is 16.6. The highest BCUT2D eigenvalue weighted by Gasteiger charge is 2.25. The molecule has 3 nitrogen and oxygen atoms in total. The summed E-state index contributed by atoms with van der Waals surface area (Å²) in [6.45, 7) is 0. The molecule has 26 heavy (non-hydrogen) atoms. The molecule has 0 bridgehead atoms. The van der Waals surface area contributed by atoms with Gasteiger partial charge in [0.05, 0.1) is 11.3 Å². The Balaban J connectivity index is 1.77. The molecule has 3 heterocycles. The molecule has 3 aliphatic rings. The minimum absolute atomic E-state index is 0.469. The van der Waals surface area contributed by atoms with Crippen LogP contribution in [-0.2, 0) is 19.3 Å². The quantitative estimate of drug-likeness (QED) is 0.664. The molecule has 2 aliphatic carbocycles. The normalized spacial score (nSPS) is 18.3. The fraction of sp³-hybridized carbons (Fsp3) is 0.261. The van der Waals surface area contributed by atoms with Crippen molar-refractivity contribution in [3.05, 3.63) is 70.3 Å². The van der Waals surface area contributed by atoms with Gasteiger partial charge in [-0.1, -0.05) is 18.2 Å². The van der Waals surface area contributed by atoms with Gasteiger partial charge in [-0.25, -0.2) is 4.98 Å². The van der Waals surface area contributed by atoms with Gasteiger partial charge in [-0.05, 0) is 72.6 Å². The SMILES string of the molecule is OC1=Cc2c(c3cc(C4=CC=CCC4)cc4c3n3c(cnc23)CC4)CC1. The van der Waals surface area contributed by atoms with E-state index in [2.05, 4.69) is 34.8 Å². The van der Waals surface area contributed by atoms with Crippen molar-refractivity contribution in [2.75, 3.05) is 0 Å². The first-order chi connectivity index (χ1) is 12.8. The standard InChI is InChI=1S/C23H20N2O/c26-18-8-9-19-20-11-16(14-4-2-1-3-5-14)10-15-6-7-17-13-24-23(21(19)12-18)25(17)22(15)20/h1-2,4,10-13,26H,3,5-9H2. The number of benzene rings is 1. The Kier molecular flexibility index (Phi) is 2.82. The molecule has 0 amide bonds. The zero-order valence-corrected chi connectivity index (χ0v) is 14.6. The van der Waals surface area contributed by atoms with E-state index in [1.165, 1.54) is 38.9 Å². The molecular formula is C23H20N2O. The van der Waals surface area contributed by atoms with E-state index in [-0.39, 0.29) is 0 Å². The number of imidazole rings is 1. The second-order valence-electron chi connectivity index (χ2n) is 7.63. The van der Waals surface area contributed by atoms with E-state index >= 15 is 0 Å². The maximum absolute atomic E-state index is 10.1. The zero-order valence-electron chi connectivity index (χ0n) is 14.6. The lowest BCUT2D eigenvalue weighted by Gasteiger charge is -2.24. The molecule has 0 unspecified atom stereocenters. The summed E-state index contributed by atoms with van der Waals surface area (Å²) < 4.78 is 2.33. The minimum Gasteiger partial charge on any atom is -0.512 e. The molecule has 1 aliphatic heterocycles. The molecule has 1 aromatic carbocycles. The molecule has 0 atom stereocenters. The van der Waals surface area contributed by atoms with Crippen molar-refractivity contribution in [2.24, 2.45) is 0 Å². The van der Waals surface area contributed by atoms with Crippen molar-refractivity contribution in [3.8, 4) is 0 Å². The average Bonchev–Trinajstić information content (AvgIpc) is 3.12. The Morgan fingerprint density at radius 2 is 2.00 bits per heavy atom. The van der Waals surface area contributed by atoms with Crippen molar-refractivity contribution in [2.45, 2.75) is 38.5 Å². The summed E-state index contributed by atoms with van der Waals surface area (Å²) in [5, 5.41) is 11.5. The van der Waals surface area contributed by atoms with Gasteiger partial charge in [0.25, 0.3) is 0 Å². The van der Waals surface area contributed by atoms with Gasteiger partial charge in [0.2, 0.25) is 0 Å². The monoisotopic (exact) mass is 340 g/mol. The topological polar surface area (TPSA) is 37.5 Å². The van der Waals surface area contributed by atoms with Gasteiger partial charge < -0.3 is 5.11 Å². The number of aliphatic hydroxyl groups is 1. The highest BCUT2D eigenvalue weighted by Crippen LogP contribution is 2.39. The maximum atomic E-state index is 10.1. The van der Waals surface area contributed by atoms with Crippen molar-refractivity contribution < 1.29 is 5.11 Å². The van der Waals surface area contributed by atoms with Crippen LogP contribution < -0.4 is 0 Å². The first-order valence-electron chi connectivity index (χ1n) is 9.53. The predicted octanol–water partition coefficient (Wildman–Crippen LogP) is 5.16. The van der Waals surface area contributed by atoms with Gasteiger partial charge in [0, 0.05) is 29.3 Å². The van der Waals surface area contributed by atoms with E-state index < -0.39 is 0 Å². The summed E-state index contributed by atoms with van der Waals surface area (Å²) in [6, 6.07) is 4.78. The number of aromatic nitrogens is 2. The smallest absolute Gasteiger partial charge is 0.145 e. The second kappa shape index (κ2) is 5.10. The highest BCUT2D eigenvalue weighted by molar-refractivity contribution is 5.96. The zero-order chi connectivity index (χ0) is 17.3. The van der Waals surface area contributed by atoms with Gasteiger partial charge in [-0.15, -0.1) is 0 Å². The van der Waals surface area contributed by atoms with Crippen LogP contribution >= 0.6 is 0 Å². The van der Waals surface area contributed by atoms with Crippen LogP contribution in [0.25, 0.3) is 28.2 Å². The lowest BCUT2D eigenvalue weighted by atomic mass is 9.87. The number of aryl methyl sites for hydroxylation is 3. The molecule has 1 N–H and O–H groups in total. The van der Waals surface area contributed by atoms with E-state index in [1.807, 2.05) is 12.3 Å². The van der Waals surface area contributed by atoms with Crippen LogP contribution in [0.2, 0.25) is 0 Å². The third-order valence-electron chi connectivity index (χ3n) is 6.12. The largest absolute Gasteiger partial charge is 0.512 e. The first-order valence-corrected chi connectivity index (χ1v) is 9.53. The molecule has 3 aromatic rings. The van der Waals surface area contributed by atoms with Crippen LogP contribution in [0.1, 0.15) is 47.2 Å². The van der Waals surface area contributed by atoms with Gasteiger partial charge in [-0.3, -0.25) is 4.40 Å². The van der Waals surface area contributed by atoms with Crippen molar-refractivity contribution in [1.29, 1.82) is 0 Å². The summed E-state index contributed by atoms with van der Waals surface area (Å²) in [7, 11) is 0. The number of fused-ring (bicyclic) bond motifs is 3. The van der Waals surface area contributed by atoms with Crippen molar-refractivity contribution >= 4 is 28.2 Å².